The molecule has 0 saturated carbocycles. The number of rotatable bonds is 0. The Morgan fingerprint density at radius 2 is 1.93 bits per heavy atom. The van der Waals surface area contributed by atoms with Crippen LogP contribution in [0.25, 0.3) is 0 Å². The predicted molar refractivity (Wildman–Crippen MR) is 56.2 cm³/mol. The zero-order chi connectivity index (χ0) is 11.6. The minimum absolute atomic E-state index is 0.186. The molecule has 1 unspecified atom stereocenters. The van der Waals surface area contributed by atoms with E-state index in [2.05, 4.69) is 25.5 Å². The molecule has 4 heteroatoms. The summed E-state index contributed by atoms with van der Waals surface area (Å²) in [5.74, 6) is -0.806. The van der Waals surface area contributed by atoms with Crippen LogP contribution in [0, 0.1) is 11.3 Å². The van der Waals surface area contributed by atoms with Crippen molar-refractivity contribution in [1.29, 1.82) is 0 Å². The van der Waals surface area contributed by atoms with Gasteiger partial charge >= 0.3 is 11.9 Å². The third kappa shape index (κ3) is 2.70. The highest BCUT2D eigenvalue weighted by Gasteiger charge is 2.35. The Bertz CT molecular complexity index is 267. The van der Waals surface area contributed by atoms with Crippen LogP contribution in [0.3, 0.4) is 0 Å². The molecule has 15 heavy (non-hydrogen) atoms. The molecule has 0 spiro atoms. The van der Waals surface area contributed by atoms with Crippen LogP contribution >= 0.6 is 0 Å². The van der Waals surface area contributed by atoms with E-state index in [1.807, 2.05) is 0 Å². The zero-order valence-electron chi connectivity index (χ0n) is 9.87. The molecule has 1 aliphatic heterocycles. The lowest BCUT2D eigenvalue weighted by molar-refractivity contribution is -0.157. The molecule has 0 radical (unpaired) electrons. The third-order valence-electron chi connectivity index (χ3n) is 3.06. The van der Waals surface area contributed by atoms with Crippen molar-refractivity contribution in [1.82, 2.24) is 4.90 Å². The van der Waals surface area contributed by atoms with E-state index < -0.39 is 11.9 Å². The molecule has 0 aromatic rings. The number of nitrogens with zero attached hydrogens (tertiary/aromatic N) is 1. The lowest BCUT2D eigenvalue weighted by Gasteiger charge is -2.26. The fraction of sp³-hybridized carbons (Fsp3) is 0.818. The van der Waals surface area contributed by atoms with Crippen molar-refractivity contribution in [2.75, 3.05) is 20.2 Å². The molecular formula is C11H19NO3. The van der Waals surface area contributed by atoms with Crippen molar-refractivity contribution < 1.29 is 14.3 Å². The van der Waals surface area contributed by atoms with E-state index in [9.17, 15) is 9.59 Å². The predicted octanol–water partition coefficient (Wildman–Crippen LogP) is 1.05. The van der Waals surface area contributed by atoms with E-state index in [-0.39, 0.29) is 5.41 Å². The normalized spacial score (nSPS) is 21.6. The number of carbonyl (C=O) groups is 2. The van der Waals surface area contributed by atoms with Gasteiger partial charge in [0.05, 0.1) is 7.11 Å². The molecule has 1 heterocycles. The first-order valence-corrected chi connectivity index (χ1v) is 5.23. The summed E-state index contributed by atoms with van der Waals surface area (Å²) >= 11 is 0. The summed E-state index contributed by atoms with van der Waals surface area (Å²) in [7, 11) is 1.23. The zero-order valence-corrected chi connectivity index (χ0v) is 9.87. The first kappa shape index (κ1) is 12.0. The number of methoxy groups -OCH3 is 1. The van der Waals surface area contributed by atoms with Gasteiger partial charge in [0.25, 0.3) is 0 Å². The SMILES string of the molecule is COC(=O)C(=O)N1CCC(C(C)(C)C)C1. The highest BCUT2D eigenvalue weighted by atomic mass is 16.5. The summed E-state index contributed by atoms with van der Waals surface area (Å²) < 4.78 is 4.42. The Morgan fingerprint density at radius 1 is 1.33 bits per heavy atom. The minimum atomic E-state index is -0.760. The van der Waals surface area contributed by atoms with Crippen molar-refractivity contribution in [3.8, 4) is 0 Å². The van der Waals surface area contributed by atoms with Crippen molar-refractivity contribution in [2.24, 2.45) is 11.3 Å². The van der Waals surface area contributed by atoms with Gasteiger partial charge in [-0.2, -0.15) is 0 Å². The summed E-state index contributed by atoms with van der Waals surface area (Å²) in [6, 6.07) is 0. The first-order chi connectivity index (χ1) is 6.86. The fourth-order valence-electron chi connectivity index (χ4n) is 1.87. The third-order valence-corrected chi connectivity index (χ3v) is 3.06. The molecule has 1 rings (SSSR count). The lowest BCUT2D eigenvalue weighted by atomic mass is 9.80. The van der Waals surface area contributed by atoms with Crippen LogP contribution in [0.2, 0.25) is 0 Å². The van der Waals surface area contributed by atoms with E-state index in [1.54, 1.807) is 4.90 Å². The van der Waals surface area contributed by atoms with E-state index >= 15 is 0 Å². The second-order valence-electron chi connectivity index (χ2n) is 5.09. The summed E-state index contributed by atoms with van der Waals surface area (Å²) in [5.41, 5.74) is 0.186. The minimum Gasteiger partial charge on any atom is -0.462 e. The van der Waals surface area contributed by atoms with Crippen LogP contribution in [0.5, 0.6) is 0 Å². The van der Waals surface area contributed by atoms with Gasteiger partial charge in [0.2, 0.25) is 0 Å². The monoisotopic (exact) mass is 213 g/mol. The van der Waals surface area contributed by atoms with Crippen molar-refractivity contribution in [3.05, 3.63) is 0 Å². The Hall–Kier alpha value is -1.06. The topological polar surface area (TPSA) is 46.6 Å². The van der Waals surface area contributed by atoms with Gasteiger partial charge in [0.15, 0.2) is 0 Å². The van der Waals surface area contributed by atoms with Crippen LogP contribution < -0.4 is 0 Å². The smallest absolute Gasteiger partial charge is 0.396 e. The number of carbonyl (C=O) groups excluding carboxylic acids is 2. The molecule has 0 aromatic carbocycles. The van der Waals surface area contributed by atoms with Gasteiger partial charge in [-0.25, -0.2) is 4.79 Å². The van der Waals surface area contributed by atoms with Crippen molar-refractivity contribution in [3.63, 3.8) is 0 Å². The second-order valence-corrected chi connectivity index (χ2v) is 5.09. The Labute approximate surface area is 90.6 Å². The molecule has 0 bridgehead atoms. The molecule has 0 aliphatic carbocycles. The average molecular weight is 213 g/mol. The molecule has 1 fully saturated rings. The van der Waals surface area contributed by atoms with E-state index in [0.29, 0.717) is 19.0 Å². The second kappa shape index (κ2) is 4.21. The summed E-state index contributed by atoms with van der Waals surface area (Å²) in [6.07, 6.45) is 0.965. The van der Waals surface area contributed by atoms with Gasteiger partial charge in [-0.15, -0.1) is 0 Å². The quantitative estimate of drug-likeness (QED) is 0.446. The first-order valence-electron chi connectivity index (χ1n) is 5.23. The summed E-state index contributed by atoms with van der Waals surface area (Å²) in [4.78, 5) is 24.1. The number of likely N-dealkylation sites (tertiary alicyclic amines) is 1. The average Bonchev–Trinajstić information content (AvgIpc) is 2.63. The van der Waals surface area contributed by atoms with Gasteiger partial charge in [0.1, 0.15) is 0 Å². The van der Waals surface area contributed by atoms with Crippen molar-refractivity contribution in [2.45, 2.75) is 27.2 Å². The van der Waals surface area contributed by atoms with Crippen LogP contribution in [0.4, 0.5) is 0 Å². The number of ether oxygens (including phenoxy) is 1. The maximum Gasteiger partial charge on any atom is 0.396 e. The molecule has 4 nitrogen and oxygen atoms in total. The fourth-order valence-corrected chi connectivity index (χ4v) is 1.87. The molecule has 0 aromatic heterocycles. The van der Waals surface area contributed by atoms with Crippen LogP contribution in [-0.4, -0.2) is 37.0 Å². The Morgan fingerprint density at radius 3 is 2.33 bits per heavy atom. The number of esters is 1. The van der Waals surface area contributed by atoms with E-state index in [0.717, 1.165) is 6.42 Å². The van der Waals surface area contributed by atoms with Crippen LogP contribution in [-0.2, 0) is 14.3 Å². The molecule has 1 saturated heterocycles. The molecular weight excluding hydrogens is 194 g/mol. The highest BCUT2D eigenvalue weighted by Crippen LogP contribution is 2.33. The van der Waals surface area contributed by atoms with Gasteiger partial charge < -0.3 is 9.64 Å². The van der Waals surface area contributed by atoms with E-state index in [1.165, 1.54) is 7.11 Å². The summed E-state index contributed by atoms with van der Waals surface area (Å²) in [5, 5.41) is 0. The van der Waals surface area contributed by atoms with Gasteiger partial charge in [0, 0.05) is 13.1 Å². The maximum absolute atomic E-state index is 11.5. The molecule has 1 atom stereocenters. The molecule has 86 valence electrons. The van der Waals surface area contributed by atoms with Crippen molar-refractivity contribution >= 4 is 11.9 Å². The largest absolute Gasteiger partial charge is 0.462 e. The van der Waals surface area contributed by atoms with Gasteiger partial charge in [-0.1, -0.05) is 20.8 Å². The number of hydrogen-bond donors (Lipinski definition) is 0. The summed E-state index contributed by atoms with van der Waals surface area (Å²) in [6.45, 7) is 7.80. The number of amides is 1. The number of hydrogen-bond acceptors (Lipinski definition) is 3. The maximum atomic E-state index is 11.5. The van der Waals surface area contributed by atoms with Crippen LogP contribution in [0.1, 0.15) is 27.2 Å². The van der Waals surface area contributed by atoms with Gasteiger partial charge in [-0.3, -0.25) is 4.79 Å². The standard InChI is InChI=1S/C11H19NO3/c1-11(2,3)8-5-6-12(7-8)9(13)10(14)15-4/h8H,5-7H2,1-4H3. The Kier molecular flexibility index (Phi) is 3.37. The van der Waals surface area contributed by atoms with E-state index in [4.69, 9.17) is 0 Å². The molecule has 0 N–H and O–H groups in total. The van der Waals surface area contributed by atoms with Crippen LogP contribution in [0.15, 0.2) is 0 Å². The van der Waals surface area contributed by atoms with Gasteiger partial charge in [-0.05, 0) is 17.8 Å². The molecule has 1 amide bonds. The molecule has 1 aliphatic rings. The highest BCUT2D eigenvalue weighted by molar-refractivity contribution is 6.32. The Balaban J connectivity index is 2.57. The lowest BCUT2D eigenvalue weighted by Crippen LogP contribution is -2.36.